The van der Waals surface area contributed by atoms with Crippen molar-refractivity contribution >= 4 is 45.2 Å². The minimum Gasteiger partial charge on any atom is -0.358 e. The quantitative estimate of drug-likeness (QED) is 0.282. The number of nitrogens with zero attached hydrogens (tertiary/aromatic N) is 2. The van der Waals surface area contributed by atoms with E-state index in [2.05, 4.69) is 38.4 Å². The molecule has 0 spiro atoms. The molecule has 0 saturated heterocycles. The molecule has 19 heavy (non-hydrogen) atoms. The predicted octanol–water partition coefficient (Wildman–Crippen LogP) is 2.34. The molecule has 0 aliphatic rings. The van der Waals surface area contributed by atoms with E-state index in [1.807, 2.05) is 0 Å². The fourth-order valence-electron chi connectivity index (χ4n) is 1.12. The summed E-state index contributed by atoms with van der Waals surface area (Å²) in [5.41, 5.74) is 3.16. The number of nitro groups is 1. The lowest BCUT2D eigenvalue weighted by molar-refractivity contribution is -0.385. The standard InChI is InChI=1S/C11H11BrN4O2S/c1-2-5-13-11(19)15-14-7-8-3-4-9(12)10(6-8)16(17)18/h2-4,6-7H,1,5H2,(H2,13,15,19)/b14-7-. The average molecular weight is 343 g/mol. The third-order valence-electron chi connectivity index (χ3n) is 1.95. The number of rotatable bonds is 5. The van der Waals surface area contributed by atoms with E-state index in [1.54, 1.807) is 18.2 Å². The van der Waals surface area contributed by atoms with Crippen molar-refractivity contribution in [3.05, 3.63) is 51.0 Å². The first-order valence-corrected chi connectivity index (χ1v) is 6.36. The van der Waals surface area contributed by atoms with Gasteiger partial charge in [-0.3, -0.25) is 15.5 Å². The highest BCUT2D eigenvalue weighted by atomic mass is 79.9. The van der Waals surface area contributed by atoms with Gasteiger partial charge in [0, 0.05) is 18.2 Å². The topological polar surface area (TPSA) is 79.6 Å². The van der Waals surface area contributed by atoms with Crippen LogP contribution in [0, 0.1) is 10.1 Å². The van der Waals surface area contributed by atoms with E-state index in [9.17, 15) is 10.1 Å². The smallest absolute Gasteiger partial charge is 0.284 e. The van der Waals surface area contributed by atoms with Gasteiger partial charge in [-0.05, 0) is 34.2 Å². The highest BCUT2D eigenvalue weighted by Gasteiger charge is 2.11. The van der Waals surface area contributed by atoms with Gasteiger partial charge in [0.05, 0.1) is 15.6 Å². The molecule has 0 aromatic heterocycles. The van der Waals surface area contributed by atoms with Crippen molar-refractivity contribution in [3.63, 3.8) is 0 Å². The summed E-state index contributed by atoms with van der Waals surface area (Å²) in [5, 5.41) is 17.8. The normalized spacial score (nSPS) is 10.2. The average Bonchev–Trinajstić information content (AvgIpc) is 2.38. The first-order valence-electron chi connectivity index (χ1n) is 5.16. The zero-order chi connectivity index (χ0) is 14.3. The van der Waals surface area contributed by atoms with Crippen LogP contribution in [0.15, 0.2) is 40.4 Å². The molecule has 0 bridgehead atoms. The Morgan fingerprint density at radius 2 is 2.37 bits per heavy atom. The van der Waals surface area contributed by atoms with E-state index in [4.69, 9.17) is 12.2 Å². The van der Waals surface area contributed by atoms with Crippen molar-refractivity contribution in [2.75, 3.05) is 6.54 Å². The maximum atomic E-state index is 10.7. The fraction of sp³-hybridized carbons (Fsp3) is 0.0909. The maximum absolute atomic E-state index is 10.7. The minimum absolute atomic E-state index is 0.0173. The Kier molecular flexibility index (Phi) is 6.10. The molecule has 1 aromatic rings. The van der Waals surface area contributed by atoms with Crippen LogP contribution in [0.25, 0.3) is 0 Å². The number of thiocarbonyl (C=S) groups is 1. The third-order valence-corrected chi connectivity index (χ3v) is 2.86. The lowest BCUT2D eigenvalue weighted by atomic mass is 10.2. The molecule has 0 unspecified atom stereocenters. The molecule has 0 atom stereocenters. The molecule has 1 aromatic carbocycles. The van der Waals surface area contributed by atoms with Crippen molar-refractivity contribution in [3.8, 4) is 0 Å². The highest BCUT2D eigenvalue weighted by molar-refractivity contribution is 9.10. The molecule has 100 valence electrons. The summed E-state index contributed by atoms with van der Waals surface area (Å²) in [7, 11) is 0. The predicted molar refractivity (Wildman–Crippen MR) is 82.3 cm³/mol. The van der Waals surface area contributed by atoms with Gasteiger partial charge in [-0.15, -0.1) is 6.58 Å². The summed E-state index contributed by atoms with van der Waals surface area (Å²) >= 11 is 8.03. The van der Waals surface area contributed by atoms with E-state index >= 15 is 0 Å². The number of hydrogen-bond donors (Lipinski definition) is 2. The van der Waals surface area contributed by atoms with Crippen molar-refractivity contribution in [2.45, 2.75) is 0 Å². The van der Waals surface area contributed by atoms with Gasteiger partial charge in [0.2, 0.25) is 0 Å². The molecule has 0 amide bonds. The Morgan fingerprint density at radius 3 is 3.00 bits per heavy atom. The highest BCUT2D eigenvalue weighted by Crippen LogP contribution is 2.24. The number of halogens is 1. The molecular formula is C11H11BrN4O2S. The Hall–Kier alpha value is -1.80. The summed E-state index contributed by atoms with van der Waals surface area (Å²) in [6, 6.07) is 4.70. The summed E-state index contributed by atoms with van der Waals surface area (Å²) in [6.07, 6.45) is 3.11. The second-order valence-corrected chi connectivity index (χ2v) is 4.60. The molecule has 1 rings (SSSR count). The molecule has 0 aliphatic carbocycles. The zero-order valence-corrected chi connectivity index (χ0v) is 12.2. The van der Waals surface area contributed by atoms with Crippen LogP contribution < -0.4 is 10.7 Å². The molecule has 2 N–H and O–H groups in total. The van der Waals surface area contributed by atoms with Gasteiger partial charge >= 0.3 is 0 Å². The van der Waals surface area contributed by atoms with Crippen LogP contribution in [0.1, 0.15) is 5.56 Å². The summed E-state index contributed by atoms with van der Waals surface area (Å²) in [5.74, 6) is 0. The Labute approximate surface area is 123 Å². The van der Waals surface area contributed by atoms with Crippen LogP contribution in [0.4, 0.5) is 5.69 Å². The fourth-order valence-corrected chi connectivity index (χ4v) is 1.65. The van der Waals surface area contributed by atoms with E-state index in [1.165, 1.54) is 12.3 Å². The number of nitrogens with one attached hydrogen (secondary N) is 2. The molecule has 0 radical (unpaired) electrons. The van der Waals surface area contributed by atoms with Crippen LogP contribution in [-0.2, 0) is 0 Å². The second kappa shape index (κ2) is 7.59. The molecular weight excluding hydrogens is 332 g/mol. The van der Waals surface area contributed by atoms with Crippen molar-refractivity contribution in [1.29, 1.82) is 0 Å². The SMILES string of the molecule is C=CCNC(=S)N/N=C\c1ccc(Br)c([N+](=O)[O-])c1. The zero-order valence-electron chi connectivity index (χ0n) is 9.80. The first kappa shape index (κ1) is 15.3. The second-order valence-electron chi connectivity index (χ2n) is 3.34. The van der Waals surface area contributed by atoms with Crippen LogP contribution >= 0.6 is 28.1 Å². The lowest BCUT2D eigenvalue weighted by Crippen LogP contribution is -2.31. The third kappa shape index (κ3) is 5.14. The minimum atomic E-state index is -0.467. The van der Waals surface area contributed by atoms with Crippen LogP contribution in [0.2, 0.25) is 0 Å². The Bertz CT molecular complexity index is 533. The molecule has 8 heteroatoms. The van der Waals surface area contributed by atoms with E-state index in [0.717, 1.165) is 0 Å². The summed E-state index contributed by atoms with van der Waals surface area (Å²) < 4.78 is 0.422. The first-order chi connectivity index (χ1) is 9.04. The van der Waals surface area contributed by atoms with Gasteiger partial charge in [0.25, 0.3) is 5.69 Å². The van der Waals surface area contributed by atoms with Crippen LogP contribution in [0.3, 0.4) is 0 Å². The molecule has 0 heterocycles. The number of benzene rings is 1. The Balaban J connectivity index is 2.67. The van der Waals surface area contributed by atoms with Gasteiger partial charge in [-0.1, -0.05) is 12.1 Å². The largest absolute Gasteiger partial charge is 0.358 e. The maximum Gasteiger partial charge on any atom is 0.284 e. The van der Waals surface area contributed by atoms with Crippen LogP contribution in [0.5, 0.6) is 0 Å². The molecule has 0 aliphatic heterocycles. The lowest BCUT2D eigenvalue weighted by Gasteiger charge is -2.03. The molecule has 0 fully saturated rings. The van der Waals surface area contributed by atoms with E-state index in [0.29, 0.717) is 21.7 Å². The van der Waals surface area contributed by atoms with Gasteiger partial charge in [0.15, 0.2) is 5.11 Å². The monoisotopic (exact) mass is 342 g/mol. The number of nitro benzene ring substituents is 1. The number of hydrogen-bond acceptors (Lipinski definition) is 4. The van der Waals surface area contributed by atoms with Crippen molar-refractivity contribution in [1.82, 2.24) is 10.7 Å². The molecule has 0 saturated carbocycles. The summed E-state index contributed by atoms with van der Waals surface area (Å²) in [4.78, 5) is 10.3. The van der Waals surface area contributed by atoms with Crippen LogP contribution in [-0.4, -0.2) is 22.8 Å². The number of hydrazone groups is 1. The Morgan fingerprint density at radius 1 is 1.63 bits per heavy atom. The van der Waals surface area contributed by atoms with E-state index in [-0.39, 0.29) is 5.69 Å². The van der Waals surface area contributed by atoms with Crippen molar-refractivity contribution < 1.29 is 4.92 Å². The van der Waals surface area contributed by atoms with Gasteiger partial charge in [0.1, 0.15) is 0 Å². The molecule has 6 nitrogen and oxygen atoms in total. The van der Waals surface area contributed by atoms with Gasteiger partial charge in [-0.2, -0.15) is 5.10 Å². The van der Waals surface area contributed by atoms with Gasteiger partial charge < -0.3 is 5.32 Å². The van der Waals surface area contributed by atoms with Gasteiger partial charge in [-0.25, -0.2) is 0 Å². The summed E-state index contributed by atoms with van der Waals surface area (Å²) in [6.45, 7) is 4.07. The van der Waals surface area contributed by atoms with Crippen molar-refractivity contribution in [2.24, 2.45) is 5.10 Å². The van der Waals surface area contributed by atoms with E-state index < -0.39 is 4.92 Å².